The molecule has 2 aromatic rings. The third-order valence-electron chi connectivity index (χ3n) is 6.22. The molecule has 2 saturated carbocycles. The molecule has 0 saturated heterocycles. The molecule has 0 radical (unpaired) electrons. The van der Waals surface area contributed by atoms with Gasteiger partial charge in [-0.05, 0) is 49.8 Å². The van der Waals surface area contributed by atoms with Crippen LogP contribution in [0.4, 0.5) is 0 Å². The summed E-state index contributed by atoms with van der Waals surface area (Å²) in [6.45, 7) is 0.660. The van der Waals surface area contributed by atoms with Gasteiger partial charge in [0.25, 0.3) is 5.91 Å². The number of nitrogens with one attached hydrogen (secondary N) is 1. The molecule has 1 heterocycles. The van der Waals surface area contributed by atoms with Gasteiger partial charge in [0.05, 0.1) is 30.0 Å². The summed E-state index contributed by atoms with van der Waals surface area (Å²) in [5.74, 6) is 0.892. The van der Waals surface area contributed by atoms with Crippen molar-refractivity contribution in [3.8, 4) is 17.1 Å². The average molecular weight is 429 g/mol. The molecule has 1 amide bonds. The van der Waals surface area contributed by atoms with Crippen LogP contribution in [0.3, 0.4) is 0 Å². The third kappa shape index (κ3) is 5.13. The fraction of sp³-hybridized carbons (Fsp3) is 0.500. The predicted octanol–water partition coefficient (Wildman–Crippen LogP) is 5.00. The van der Waals surface area contributed by atoms with Crippen molar-refractivity contribution >= 4 is 17.5 Å². The van der Waals surface area contributed by atoms with E-state index < -0.39 is 6.10 Å². The quantitative estimate of drug-likeness (QED) is 0.678. The van der Waals surface area contributed by atoms with Crippen LogP contribution in [0.15, 0.2) is 36.4 Å². The van der Waals surface area contributed by atoms with Gasteiger partial charge < -0.3 is 15.2 Å². The molecular weight excluding hydrogens is 400 g/mol. The molecule has 1 aromatic carbocycles. The Balaban J connectivity index is 1.57. The van der Waals surface area contributed by atoms with Crippen LogP contribution in [-0.4, -0.2) is 34.8 Å². The molecule has 4 rings (SSSR count). The van der Waals surface area contributed by atoms with Gasteiger partial charge in [-0.3, -0.25) is 4.79 Å². The smallest absolute Gasteiger partial charge is 0.253 e. The Labute approximate surface area is 182 Å². The van der Waals surface area contributed by atoms with Crippen molar-refractivity contribution in [1.29, 1.82) is 0 Å². The van der Waals surface area contributed by atoms with Gasteiger partial charge in [-0.1, -0.05) is 49.4 Å². The van der Waals surface area contributed by atoms with Gasteiger partial charge in [0.1, 0.15) is 0 Å². The molecule has 2 aliphatic rings. The van der Waals surface area contributed by atoms with E-state index >= 15 is 0 Å². The van der Waals surface area contributed by atoms with Crippen molar-refractivity contribution in [3.05, 3.63) is 47.0 Å². The van der Waals surface area contributed by atoms with Gasteiger partial charge in [0.2, 0.25) is 5.88 Å². The second kappa shape index (κ2) is 9.80. The fourth-order valence-electron chi connectivity index (χ4n) is 4.44. The zero-order valence-electron chi connectivity index (χ0n) is 17.1. The number of hydrogen-bond acceptors (Lipinski definition) is 4. The van der Waals surface area contributed by atoms with E-state index in [1.54, 1.807) is 24.3 Å². The number of benzene rings is 1. The molecule has 0 spiro atoms. The summed E-state index contributed by atoms with van der Waals surface area (Å²) in [6.07, 6.45) is 7.97. The zero-order chi connectivity index (χ0) is 20.9. The number of pyridine rings is 1. The standard InChI is InChI=1S/C24H29ClN2O3/c25-18-11-9-17(10-12-18)23-19(24(29)26-20-7-3-4-8-21(20)28)13-14-22(27-23)30-15-16-5-1-2-6-16/h9-14,16,20-21,28H,1-8,15H2,(H,26,29)/t20-,21-/m1/s1. The van der Waals surface area contributed by atoms with Gasteiger partial charge in [0.15, 0.2) is 0 Å². The maximum atomic E-state index is 13.1. The Bertz CT molecular complexity index is 865. The Morgan fingerprint density at radius 2 is 1.73 bits per heavy atom. The van der Waals surface area contributed by atoms with Crippen molar-refractivity contribution in [2.75, 3.05) is 6.61 Å². The minimum atomic E-state index is -0.497. The molecule has 0 aliphatic heterocycles. The van der Waals surface area contributed by atoms with Crippen LogP contribution in [0.2, 0.25) is 5.02 Å². The normalized spacial score (nSPS) is 22.1. The Kier molecular flexibility index (Phi) is 6.90. The van der Waals surface area contributed by atoms with Crippen LogP contribution < -0.4 is 10.1 Å². The molecule has 5 nitrogen and oxygen atoms in total. The lowest BCUT2D eigenvalue weighted by Gasteiger charge is -2.28. The summed E-state index contributed by atoms with van der Waals surface area (Å²) < 4.78 is 5.97. The van der Waals surface area contributed by atoms with Gasteiger partial charge in [-0.2, -0.15) is 0 Å². The minimum Gasteiger partial charge on any atom is -0.477 e. The molecule has 6 heteroatoms. The van der Waals surface area contributed by atoms with Crippen molar-refractivity contribution in [2.45, 2.75) is 63.5 Å². The maximum absolute atomic E-state index is 13.1. The van der Waals surface area contributed by atoms with Crippen LogP contribution in [0.1, 0.15) is 61.7 Å². The van der Waals surface area contributed by atoms with E-state index in [0.717, 1.165) is 31.2 Å². The van der Waals surface area contributed by atoms with Crippen molar-refractivity contribution in [3.63, 3.8) is 0 Å². The predicted molar refractivity (Wildman–Crippen MR) is 118 cm³/mol. The number of nitrogens with zero attached hydrogens (tertiary/aromatic N) is 1. The molecule has 1 aromatic heterocycles. The maximum Gasteiger partial charge on any atom is 0.253 e. The van der Waals surface area contributed by atoms with E-state index in [0.29, 0.717) is 34.7 Å². The van der Waals surface area contributed by atoms with E-state index in [1.165, 1.54) is 25.7 Å². The van der Waals surface area contributed by atoms with E-state index in [9.17, 15) is 9.90 Å². The van der Waals surface area contributed by atoms with E-state index in [-0.39, 0.29) is 11.9 Å². The second-order valence-electron chi connectivity index (χ2n) is 8.45. The second-order valence-corrected chi connectivity index (χ2v) is 8.88. The largest absolute Gasteiger partial charge is 0.477 e. The highest BCUT2D eigenvalue weighted by Crippen LogP contribution is 2.29. The fourth-order valence-corrected chi connectivity index (χ4v) is 4.56. The highest BCUT2D eigenvalue weighted by Gasteiger charge is 2.26. The molecule has 2 aliphatic carbocycles. The molecule has 2 fully saturated rings. The summed E-state index contributed by atoms with van der Waals surface area (Å²) >= 11 is 6.05. The van der Waals surface area contributed by atoms with Crippen LogP contribution in [0, 0.1) is 5.92 Å². The van der Waals surface area contributed by atoms with Crippen LogP contribution in [0.5, 0.6) is 5.88 Å². The Morgan fingerprint density at radius 3 is 2.47 bits per heavy atom. The monoisotopic (exact) mass is 428 g/mol. The average Bonchev–Trinajstić information content (AvgIpc) is 3.28. The number of halogens is 1. The first-order valence-electron chi connectivity index (χ1n) is 11.0. The van der Waals surface area contributed by atoms with Crippen LogP contribution in [-0.2, 0) is 0 Å². The SMILES string of the molecule is O=C(N[C@@H]1CCCC[C@H]1O)c1ccc(OCC2CCCC2)nc1-c1ccc(Cl)cc1. The summed E-state index contributed by atoms with van der Waals surface area (Å²) in [4.78, 5) is 17.7. The molecular formula is C24H29ClN2O3. The molecule has 160 valence electrons. The number of aliphatic hydroxyl groups excluding tert-OH is 1. The number of aliphatic hydroxyl groups is 1. The molecule has 2 N–H and O–H groups in total. The molecule has 0 bridgehead atoms. The van der Waals surface area contributed by atoms with E-state index in [4.69, 9.17) is 16.3 Å². The minimum absolute atomic E-state index is 0.220. The van der Waals surface area contributed by atoms with Crippen molar-refractivity contribution < 1.29 is 14.6 Å². The van der Waals surface area contributed by atoms with Gasteiger partial charge >= 0.3 is 0 Å². The number of rotatable bonds is 6. The molecule has 0 unspecified atom stereocenters. The van der Waals surface area contributed by atoms with Crippen molar-refractivity contribution in [2.24, 2.45) is 5.92 Å². The summed E-state index contributed by atoms with van der Waals surface area (Å²) in [7, 11) is 0. The first-order valence-corrected chi connectivity index (χ1v) is 11.4. The number of ether oxygens (including phenoxy) is 1. The van der Waals surface area contributed by atoms with Gasteiger partial charge in [-0.25, -0.2) is 4.98 Å². The first-order chi connectivity index (χ1) is 14.6. The first kappa shape index (κ1) is 21.1. The lowest BCUT2D eigenvalue weighted by molar-refractivity contribution is 0.0717. The molecule has 2 atom stereocenters. The van der Waals surface area contributed by atoms with E-state index in [2.05, 4.69) is 10.3 Å². The number of aromatic nitrogens is 1. The number of amides is 1. The molecule has 30 heavy (non-hydrogen) atoms. The Hall–Kier alpha value is -2.11. The third-order valence-corrected chi connectivity index (χ3v) is 6.47. The number of carbonyl (C=O) groups excluding carboxylic acids is 1. The zero-order valence-corrected chi connectivity index (χ0v) is 17.9. The summed E-state index contributed by atoms with van der Waals surface area (Å²) in [5.41, 5.74) is 1.85. The Morgan fingerprint density at radius 1 is 1.03 bits per heavy atom. The lowest BCUT2D eigenvalue weighted by Crippen LogP contribution is -2.45. The highest BCUT2D eigenvalue weighted by atomic mass is 35.5. The lowest BCUT2D eigenvalue weighted by atomic mass is 9.92. The van der Waals surface area contributed by atoms with E-state index in [1.807, 2.05) is 12.1 Å². The topological polar surface area (TPSA) is 71.5 Å². The van der Waals surface area contributed by atoms with Crippen LogP contribution in [0.25, 0.3) is 11.3 Å². The van der Waals surface area contributed by atoms with Gasteiger partial charge in [-0.15, -0.1) is 0 Å². The van der Waals surface area contributed by atoms with Gasteiger partial charge in [0, 0.05) is 16.7 Å². The van der Waals surface area contributed by atoms with Crippen LogP contribution >= 0.6 is 11.6 Å². The summed E-state index contributed by atoms with van der Waals surface area (Å²) in [6, 6.07) is 10.6. The summed E-state index contributed by atoms with van der Waals surface area (Å²) in [5, 5.41) is 13.9. The highest BCUT2D eigenvalue weighted by molar-refractivity contribution is 6.30. The number of carbonyl (C=O) groups is 1. The van der Waals surface area contributed by atoms with Crippen molar-refractivity contribution in [1.82, 2.24) is 10.3 Å². The number of hydrogen-bond donors (Lipinski definition) is 2.